The number of hydrogen-bond donors (Lipinski definition) is 1. The molecule has 0 saturated carbocycles. The summed E-state index contributed by atoms with van der Waals surface area (Å²) < 4.78 is 102. The summed E-state index contributed by atoms with van der Waals surface area (Å²) in [6.07, 6.45) is -8.75. The van der Waals surface area contributed by atoms with Crippen molar-refractivity contribution in [2.24, 2.45) is 0 Å². The zero-order chi connectivity index (χ0) is 24.4. The summed E-state index contributed by atoms with van der Waals surface area (Å²) in [4.78, 5) is 14.8. The van der Waals surface area contributed by atoms with Gasteiger partial charge in [-0.25, -0.2) is 8.42 Å². The van der Waals surface area contributed by atoms with Crippen LogP contribution >= 0.6 is 0 Å². The fourth-order valence-electron chi connectivity index (χ4n) is 2.73. The third-order valence-corrected chi connectivity index (χ3v) is 6.25. The molecule has 33 heavy (non-hydrogen) atoms. The highest BCUT2D eigenvalue weighted by molar-refractivity contribution is 7.91. The number of benzene rings is 2. The lowest BCUT2D eigenvalue weighted by Crippen LogP contribution is -2.24. The van der Waals surface area contributed by atoms with Gasteiger partial charge in [0.05, 0.1) is 20.9 Å². The second-order valence-corrected chi connectivity index (χ2v) is 8.74. The number of halogens is 6. The van der Waals surface area contributed by atoms with Gasteiger partial charge in [0.1, 0.15) is 5.69 Å². The van der Waals surface area contributed by atoms with Gasteiger partial charge in [-0.3, -0.25) is 9.78 Å². The number of pyridine rings is 1. The van der Waals surface area contributed by atoms with Crippen molar-refractivity contribution in [3.8, 4) is 0 Å². The van der Waals surface area contributed by atoms with Gasteiger partial charge in [0, 0.05) is 12.7 Å². The number of nitrogens with one attached hydrogen (secondary N) is 1. The topological polar surface area (TPSA) is 76.1 Å². The summed E-state index contributed by atoms with van der Waals surface area (Å²) in [6, 6.07) is 10.0. The molecule has 1 N–H and O–H groups in total. The number of nitrogens with zero attached hydrogens (tertiary/aromatic N) is 1. The normalized spacial score (nSPS) is 12.4. The summed E-state index contributed by atoms with van der Waals surface area (Å²) in [5, 5.41) is 2.43. The van der Waals surface area contributed by atoms with Crippen LogP contribution in [0.25, 0.3) is 0 Å². The second-order valence-electron chi connectivity index (χ2n) is 6.79. The van der Waals surface area contributed by atoms with Crippen LogP contribution in [0.4, 0.5) is 26.3 Å². The maximum atomic E-state index is 12.9. The molecule has 2 aromatic carbocycles. The van der Waals surface area contributed by atoms with Crippen LogP contribution in [0.5, 0.6) is 0 Å². The Balaban J connectivity index is 1.70. The molecule has 0 radical (unpaired) electrons. The molecular weight excluding hydrogens is 474 g/mol. The van der Waals surface area contributed by atoms with Gasteiger partial charge in [0.15, 0.2) is 0 Å². The van der Waals surface area contributed by atoms with E-state index in [1.54, 1.807) is 0 Å². The number of rotatable bonds is 5. The molecule has 0 bridgehead atoms. The van der Waals surface area contributed by atoms with Crippen molar-refractivity contribution in [3.63, 3.8) is 0 Å². The number of sulfone groups is 1. The van der Waals surface area contributed by atoms with E-state index in [0.717, 1.165) is 30.3 Å². The van der Waals surface area contributed by atoms with E-state index in [2.05, 4.69) is 10.3 Å². The molecular formula is C21H14F6N2O3S. The maximum absolute atomic E-state index is 12.9. The van der Waals surface area contributed by atoms with E-state index >= 15 is 0 Å². The molecule has 0 unspecified atom stereocenters. The Morgan fingerprint density at radius 3 is 2.00 bits per heavy atom. The third-order valence-electron chi connectivity index (χ3n) is 4.48. The third kappa shape index (κ3) is 5.69. The lowest BCUT2D eigenvalue weighted by atomic mass is 10.2. The molecule has 0 atom stereocenters. The smallest absolute Gasteiger partial charge is 0.347 e. The molecule has 5 nitrogen and oxygen atoms in total. The van der Waals surface area contributed by atoms with Crippen molar-refractivity contribution < 1.29 is 39.6 Å². The van der Waals surface area contributed by atoms with E-state index in [0.29, 0.717) is 17.8 Å². The van der Waals surface area contributed by atoms with Crippen molar-refractivity contribution in [3.05, 3.63) is 89.2 Å². The number of hydrogen-bond acceptors (Lipinski definition) is 4. The van der Waals surface area contributed by atoms with Crippen LogP contribution in [0.3, 0.4) is 0 Å². The molecule has 12 heteroatoms. The molecule has 174 valence electrons. The van der Waals surface area contributed by atoms with E-state index in [9.17, 15) is 39.6 Å². The zero-order valence-corrected chi connectivity index (χ0v) is 17.2. The van der Waals surface area contributed by atoms with Crippen LogP contribution in [0.2, 0.25) is 0 Å². The van der Waals surface area contributed by atoms with Crippen LogP contribution in [0.1, 0.15) is 27.2 Å². The number of carbonyl (C=O) groups excluding carboxylic acids is 1. The molecule has 0 saturated heterocycles. The van der Waals surface area contributed by atoms with Gasteiger partial charge in [0.2, 0.25) is 9.84 Å². The minimum Gasteiger partial charge on any atom is -0.347 e. The summed E-state index contributed by atoms with van der Waals surface area (Å²) in [6.45, 7) is -0.0918. The first-order valence-electron chi connectivity index (χ1n) is 9.11. The minimum absolute atomic E-state index is 0.0918. The Bertz CT molecular complexity index is 1250. The molecule has 0 aliphatic rings. The summed E-state index contributed by atoms with van der Waals surface area (Å²) in [7, 11) is -4.22. The highest BCUT2D eigenvalue weighted by Gasteiger charge is 2.32. The number of aromatic nitrogens is 1. The minimum atomic E-state index is -4.70. The van der Waals surface area contributed by atoms with Crippen molar-refractivity contribution >= 4 is 15.7 Å². The van der Waals surface area contributed by atoms with Gasteiger partial charge in [-0.05, 0) is 48.0 Å². The van der Waals surface area contributed by atoms with Gasteiger partial charge in [-0.15, -0.1) is 0 Å². The van der Waals surface area contributed by atoms with Crippen LogP contribution in [0, 0.1) is 0 Å². The Morgan fingerprint density at radius 2 is 1.45 bits per heavy atom. The second kappa shape index (κ2) is 8.85. The number of amides is 1. The monoisotopic (exact) mass is 488 g/mol. The zero-order valence-electron chi connectivity index (χ0n) is 16.4. The fourth-order valence-corrected chi connectivity index (χ4v) is 4.04. The van der Waals surface area contributed by atoms with Crippen molar-refractivity contribution in [2.45, 2.75) is 28.7 Å². The summed E-state index contributed by atoms with van der Waals surface area (Å²) in [5.74, 6) is -0.746. The van der Waals surface area contributed by atoms with Gasteiger partial charge < -0.3 is 5.32 Å². The number of alkyl halides is 6. The Morgan fingerprint density at radius 1 is 0.818 bits per heavy atom. The van der Waals surface area contributed by atoms with Gasteiger partial charge in [-0.1, -0.05) is 18.2 Å². The van der Waals surface area contributed by atoms with Crippen molar-refractivity contribution in [1.82, 2.24) is 10.3 Å². The largest absolute Gasteiger partial charge is 0.417 e. The van der Waals surface area contributed by atoms with E-state index < -0.39 is 44.1 Å². The molecule has 0 aliphatic carbocycles. The highest BCUT2D eigenvalue weighted by Crippen LogP contribution is 2.32. The fraction of sp³-hybridized carbons (Fsp3) is 0.143. The Hall–Kier alpha value is -3.41. The van der Waals surface area contributed by atoms with E-state index in [1.165, 1.54) is 24.3 Å². The molecule has 1 heterocycles. The van der Waals surface area contributed by atoms with Crippen molar-refractivity contribution in [2.75, 3.05) is 0 Å². The average Bonchev–Trinajstić information content (AvgIpc) is 2.77. The first kappa shape index (κ1) is 24.2. The van der Waals surface area contributed by atoms with Crippen LogP contribution in [-0.4, -0.2) is 19.3 Å². The maximum Gasteiger partial charge on any atom is 0.417 e. The molecule has 3 rings (SSSR count). The predicted octanol–water partition coefficient (Wildman–Crippen LogP) is 4.88. The molecule has 0 spiro atoms. The summed E-state index contributed by atoms with van der Waals surface area (Å²) in [5.41, 5.74) is -1.90. The quantitative estimate of drug-likeness (QED) is 0.520. The van der Waals surface area contributed by atoms with E-state index in [1.807, 2.05) is 0 Å². The van der Waals surface area contributed by atoms with Gasteiger partial charge in [0.25, 0.3) is 5.91 Å². The lowest BCUT2D eigenvalue weighted by molar-refractivity contribution is -0.138. The highest BCUT2D eigenvalue weighted by atomic mass is 32.2. The standard InChI is InChI=1S/C21H14F6N2O3S/c22-20(23,24)14-2-1-3-17(10-14)33(31,32)16-7-4-13(5-8-16)11-29-19(30)18-9-6-15(12-28-18)21(25,26)27/h1-10,12H,11H2,(H,29,30). The molecule has 0 aliphatic heterocycles. The molecule has 0 fully saturated rings. The Labute approximate surface area is 184 Å². The van der Waals surface area contributed by atoms with Crippen molar-refractivity contribution in [1.29, 1.82) is 0 Å². The van der Waals surface area contributed by atoms with E-state index in [-0.39, 0.29) is 17.1 Å². The van der Waals surface area contributed by atoms with Crippen LogP contribution < -0.4 is 5.32 Å². The lowest BCUT2D eigenvalue weighted by Gasteiger charge is -2.10. The predicted molar refractivity (Wildman–Crippen MR) is 104 cm³/mol. The number of carbonyl (C=O) groups is 1. The SMILES string of the molecule is O=C(NCc1ccc(S(=O)(=O)c2cccc(C(F)(F)F)c2)cc1)c1ccc(C(F)(F)F)cn1. The Kier molecular flexibility index (Phi) is 6.50. The van der Waals surface area contributed by atoms with Crippen LogP contribution in [-0.2, 0) is 28.7 Å². The summed E-state index contributed by atoms with van der Waals surface area (Å²) >= 11 is 0. The van der Waals surface area contributed by atoms with E-state index in [4.69, 9.17) is 0 Å². The first-order valence-corrected chi connectivity index (χ1v) is 10.6. The first-order chi connectivity index (χ1) is 15.3. The molecule has 1 amide bonds. The molecule has 3 aromatic rings. The molecule has 1 aromatic heterocycles. The average molecular weight is 488 g/mol. The van der Waals surface area contributed by atoms with Gasteiger partial charge >= 0.3 is 12.4 Å². The van der Waals surface area contributed by atoms with Gasteiger partial charge in [-0.2, -0.15) is 26.3 Å². The van der Waals surface area contributed by atoms with Crippen LogP contribution in [0.15, 0.2) is 76.7 Å².